The van der Waals surface area contributed by atoms with Gasteiger partial charge in [-0.15, -0.1) is 0 Å². The van der Waals surface area contributed by atoms with Crippen LogP contribution in [-0.4, -0.2) is 44.9 Å². The molecular weight excluding hydrogens is 336 g/mol. The monoisotopic (exact) mass is 353 g/mol. The summed E-state index contributed by atoms with van der Waals surface area (Å²) in [5.74, 6) is -1.90. The van der Waals surface area contributed by atoms with E-state index in [1.54, 1.807) is 4.70 Å². The molecule has 2 aromatic rings. The molecule has 3 N–H and O–H groups in total. The van der Waals surface area contributed by atoms with Crippen molar-refractivity contribution in [3.05, 3.63) is 60.1 Å². The lowest BCUT2D eigenvalue weighted by atomic mass is 10.1. The van der Waals surface area contributed by atoms with Gasteiger partial charge in [0.15, 0.2) is 5.69 Å². The first-order valence-electron chi connectivity index (χ1n) is 7.96. The number of carboxylic acids is 1. The molecule has 1 aliphatic heterocycles. The van der Waals surface area contributed by atoms with Gasteiger partial charge in [0.05, 0.1) is 12.0 Å². The molecule has 1 aliphatic rings. The van der Waals surface area contributed by atoms with E-state index >= 15 is 0 Å². The van der Waals surface area contributed by atoms with Crippen LogP contribution in [0.3, 0.4) is 0 Å². The van der Waals surface area contributed by atoms with Gasteiger partial charge in [-0.05, 0) is 11.2 Å². The molecule has 0 spiro atoms. The highest BCUT2D eigenvalue weighted by Gasteiger charge is 2.21. The molecule has 0 aliphatic carbocycles. The number of nitrogens with zero attached hydrogens (tertiary/aromatic N) is 3. The predicted molar refractivity (Wildman–Crippen MR) is 92.1 cm³/mol. The summed E-state index contributed by atoms with van der Waals surface area (Å²) in [6.07, 6.45) is 3.13. The highest BCUT2D eigenvalue weighted by molar-refractivity contribution is 5.95. The number of aromatic nitrogens is 1. The van der Waals surface area contributed by atoms with E-state index in [0.29, 0.717) is 12.1 Å². The van der Waals surface area contributed by atoms with Gasteiger partial charge >= 0.3 is 5.97 Å². The molecule has 26 heavy (non-hydrogen) atoms. The first kappa shape index (κ1) is 17.3. The number of azo groups is 2. The number of carboxylic acid groups (broad SMARTS) is 1. The average Bonchev–Trinajstić information content (AvgIpc) is 3.12. The molecule has 1 aromatic heterocycles. The van der Waals surface area contributed by atoms with Crippen LogP contribution in [-0.2, 0) is 4.79 Å². The van der Waals surface area contributed by atoms with Gasteiger partial charge in [-0.25, -0.2) is 4.98 Å². The third-order valence-electron chi connectivity index (χ3n) is 3.77. The molecule has 1 amide bonds. The second-order valence-electron chi connectivity index (χ2n) is 5.63. The van der Waals surface area contributed by atoms with Crippen LogP contribution < -0.4 is 5.32 Å². The summed E-state index contributed by atoms with van der Waals surface area (Å²) < 4.78 is 1.75. The van der Waals surface area contributed by atoms with E-state index in [1.807, 2.05) is 36.5 Å². The maximum Gasteiger partial charge on any atom is 0.305 e. The SMILES string of the molecule is O=C(O)CCNC(=O)c1ncc(C2=C[N+](c3ccccc3)=NC2)cc1O. The second kappa shape index (κ2) is 7.56. The number of carbonyl (C=O) groups is 2. The number of nitrogens with one attached hydrogen (secondary N) is 1. The molecule has 0 atom stereocenters. The maximum atomic E-state index is 11.9. The highest BCUT2D eigenvalue weighted by Crippen LogP contribution is 2.26. The second-order valence-corrected chi connectivity index (χ2v) is 5.63. The van der Waals surface area contributed by atoms with Crippen molar-refractivity contribution in [1.82, 2.24) is 10.3 Å². The van der Waals surface area contributed by atoms with E-state index in [9.17, 15) is 14.7 Å². The lowest BCUT2D eigenvalue weighted by Crippen LogP contribution is -2.26. The molecule has 0 saturated heterocycles. The molecule has 8 heteroatoms. The molecule has 2 heterocycles. The molecular formula is C18H17N4O4+. The minimum Gasteiger partial charge on any atom is -0.505 e. The molecule has 0 radical (unpaired) electrons. The zero-order valence-electron chi connectivity index (χ0n) is 13.8. The standard InChI is InChI=1S/C18H16N4O4/c23-15-8-12(9-20-17(15)18(26)19-7-6-16(24)25)13-10-21-22(11-13)14-4-2-1-3-5-14/h1-5,8-9,11H,6-7,10H2,(H2-,19,23,24,25,26)/p+1. The van der Waals surface area contributed by atoms with Crippen LogP contribution in [0.2, 0.25) is 0 Å². The molecule has 0 fully saturated rings. The van der Waals surface area contributed by atoms with Gasteiger partial charge in [0, 0.05) is 30.4 Å². The summed E-state index contributed by atoms with van der Waals surface area (Å²) in [6.45, 7) is 0.396. The van der Waals surface area contributed by atoms with Gasteiger partial charge in [0.25, 0.3) is 5.91 Å². The Morgan fingerprint density at radius 1 is 1.23 bits per heavy atom. The third kappa shape index (κ3) is 3.92. The Balaban J connectivity index is 1.72. The van der Waals surface area contributed by atoms with Crippen molar-refractivity contribution in [2.45, 2.75) is 6.42 Å². The van der Waals surface area contributed by atoms with E-state index in [1.165, 1.54) is 12.3 Å². The summed E-state index contributed by atoms with van der Waals surface area (Å²) in [5.41, 5.74) is 2.30. The zero-order chi connectivity index (χ0) is 18.5. The van der Waals surface area contributed by atoms with Gasteiger partial charge in [-0.3, -0.25) is 9.59 Å². The summed E-state index contributed by atoms with van der Waals surface area (Å²) in [6, 6.07) is 11.1. The van der Waals surface area contributed by atoms with Crippen molar-refractivity contribution in [1.29, 1.82) is 0 Å². The number of amides is 1. The van der Waals surface area contributed by atoms with Crippen LogP contribution >= 0.6 is 0 Å². The Bertz CT molecular complexity index is 907. The lowest BCUT2D eigenvalue weighted by molar-refractivity contribution is -0.433. The number of carbonyl (C=O) groups excluding carboxylic acids is 1. The van der Waals surface area contributed by atoms with Crippen LogP contribution in [0.25, 0.3) is 5.57 Å². The molecule has 8 nitrogen and oxygen atoms in total. The van der Waals surface area contributed by atoms with Crippen LogP contribution in [0.4, 0.5) is 5.69 Å². The third-order valence-corrected chi connectivity index (χ3v) is 3.77. The van der Waals surface area contributed by atoms with Crippen molar-refractivity contribution in [2.24, 2.45) is 5.11 Å². The zero-order valence-corrected chi connectivity index (χ0v) is 13.8. The number of rotatable bonds is 6. The Morgan fingerprint density at radius 2 is 2.00 bits per heavy atom. The van der Waals surface area contributed by atoms with Gasteiger partial charge < -0.3 is 15.5 Å². The van der Waals surface area contributed by atoms with Crippen LogP contribution in [0.15, 0.2) is 53.9 Å². The molecule has 0 bridgehead atoms. The fraction of sp³-hybridized carbons (Fsp3) is 0.167. The lowest BCUT2D eigenvalue weighted by Gasteiger charge is -2.06. The summed E-state index contributed by atoms with van der Waals surface area (Å²) in [4.78, 5) is 26.4. The minimum atomic E-state index is -1.02. The average molecular weight is 353 g/mol. The van der Waals surface area contributed by atoms with E-state index in [-0.39, 0.29) is 24.4 Å². The molecule has 3 rings (SSSR count). The topological polar surface area (TPSA) is 115 Å². The highest BCUT2D eigenvalue weighted by atomic mass is 16.4. The number of para-hydroxylation sites is 1. The van der Waals surface area contributed by atoms with Crippen LogP contribution in [0, 0.1) is 0 Å². The molecule has 0 unspecified atom stereocenters. The van der Waals surface area contributed by atoms with Crippen molar-refractivity contribution < 1.29 is 24.5 Å². The molecule has 0 saturated carbocycles. The number of pyridine rings is 1. The van der Waals surface area contributed by atoms with E-state index in [0.717, 1.165) is 11.3 Å². The number of aromatic hydroxyl groups is 1. The van der Waals surface area contributed by atoms with Crippen LogP contribution in [0.1, 0.15) is 22.5 Å². The van der Waals surface area contributed by atoms with Gasteiger partial charge in [-0.2, -0.15) is 0 Å². The van der Waals surface area contributed by atoms with Gasteiger partial charge in [0.1, 0.15) is 12.3 Å². The predicted octanol–water partition coefficient (Wildman–Crippen LogP) is 2.14. The van der Waals surface area contributed by atoms with Gasteiger partial charge in [-0.1, -0.05) is 22.9 Å². The largest absolute Gasteiger partial charge is 0.505 e. The summed E-state index contributed by atoms with van der Waals surface area (Å²) >= 11 is 0. The van der Waals surface area contributed by atoms with E-state index in [2.05, 4.69) is 15.4 Å². The summed E-state index contributed by atoms with van der Waals surface area (Å²) in [7, 11) is 0. The first-order chi connectivity index (χ1) is 12.5. The Labute approximate surface area is 149 Å². The summed E-state index contributed by atoms with van der Waals surface area (Å²) in [5, 5.41) is 25.5. The Hall–Kier alpha value is -3.55. The number of hydrogen-bond acceptors (Lipinski definition) is 5. The fourth-order valence-corrected chi connectivity index (χ4v) is 2.45. The smallest absolute Gasteiger partial charge is 0.305 e. The number of aliphatic carboxylic acids is 1. The first-order valence-corrected chi connectivity index (χ1v) is 7.96. The van der Waals surface area contributed by atoms with Crippen LogP contribution in [0.5, 0.6) is 5.75 Å². The maximum absolute atomic E-state index is 11.9. The van der Waals surface area contributed by atoms with Gasteiger partial charge in [0.2, 0.25) is 11.9 Å². The number of benzene rings is 1. The minimum absolute atomic E-state index is 0.0346. The van der Waals surface area contributed by atoms with Crippen molar-refractivity contribution in [2.75, 3.05) is 13.1 Å². The van der Waals surface area contributed by atoms with Crippen molar-refractivity contribution in [3.8, 4) is 5.75 Å². The number of hydrogen-bond donors (Lipinski definition) is 3. The molecule has 1 aromatic carbocycles. The Kier molecular flexibility index (Phi) is 5.02. The Morgan fingerprint density at radius 3 is 2.69 bits per heavy atom. The quantitative estimate of drug-likeness (QED) is 0.688. The van der Waals surface area contributed by atoms with E-state index < -0.39 is 11.9 Å². The molecule has 132 valence electrons. The van der Waals surface area contributed by atoms with E-state index in [4.69, 9.17) is 5.11 Å². The van der Waals surface area contributed by atoms with Crippen molar-refractivity contribution in [3.63, 3.8) is 0 Å². The van der Waals surface area contributed by atoms with Crippen molar-refractivity contribution >= 4 is 23.1 Å². The fourth-order valence-electron chi connectivity index (χ4n) is 2.45. The normalized spacial score (nSPS) is 13.1.